The number of sulfonamides is 1. The van der Waals surface area contributed by atoms with E-state index in [0.29, 0.717) is 18.7 Å². The predicted octanol–water partition coefficient (Wildman–Crippen LogP) is 3.27. The molecule has 1 atom stereocenters. The molecule has 0 aliphatic heterocycles. The van der Waals surface area contributed by atoms with E-state index in [2.05, 4.69) is 0 Å². The fraction of sp³-hybridized carbons (Fsp3) is 0.500. The summed E-state index contributed by atoms with van der Waals surface area (Å²) in [4.78, 5) is 0.0586. The number of nitriles is 1. The maximum atomic E-state index is 12.6. The van der Waals surface area contributed by atoms with Crippen LogP contribution < -0.4 is 0 Å². The number of hydrogen-bond donors (Lipinski definition) is 0. The topological polar surface area (TPSA) is 61.2 Å². The van der Waals surface area contributed by atoms with Gasteiger partial charge in [0.25, 0.3) is 0 Å². The van der Waals surface area contributed by atoms with Gasteiger partial charge in [0.1, 0.15) is 4.90 Å². The van der Waals surface area contributed by atoms with Crippen molar-refractivity contribution in [1.82, 2.24) is 4.31 Å². The molecule has 0 amide bonds. The first-order valence-electron chi connectivity index (χ1n) is 6.56. The first-order chi connectivity index (χ1) is 9.36. The van der Waals surface area contributed by atoms with Gasteiger partial charge < -0.3 is 0 Å². The largest absolute Gasteiger partial charge is 0.244 e. The molecular formula is C14H19ClN2O2S. The molecule has 1 rings (SSSR count). The average Bonchev–Trinajstić information content (AvgIpc) is 2.43. The van der Waals surface area contributed by atoms with Gasteiger partial charge in [-0.05, 0) is 24.1 Å². The van der Waals surface area contributed by atoms with Gasteiger partial charge in [-0.15, -0.1) is 0 Å². The molecule has 110 valence electrons. The fourth-order valence-electron chi connectivity index (χ4n) is 1.79. The first-order valence-corrected chi connectivity index (χ1v) is 8.38. The van der Waals surface area contributed by atoms with E-state index in [1.807, 2.05) is 19.9 Å². The van der Waals surface area contributed by atoms with Crippen molar-refractivity contribution in [3.8, 4) is 6.07 Å². The highest BCUT2D eigenvalue weighted by Gasteiger charge is 2.26. The summed E-state index contributed by atoms with van der Waals surface area (Å²) in [5, 5.41) is 8.88. The van der Waals surface area contributed by atoms with E-state index >= 15 is 0 Å². The molecule has 6 heteroatoms. The minimum absolute atomic E-state index is 0.0586. The van der Waals surface area contributed by atoms with Crippen molar-refractivity contribution in [3.63, 3.8) is 0 Å². The maximum Gasteiger partial charge on any atom is 0.244 e. The maximum absolute atomic E-state index is 12.6. The summed E-state index contributed by atoms with van der Waals surface area (Å²) in [7, 11) is -3.62. The zero-order valence-electron chi connectivity index (χ0n) is 11.9. The van der Waals surface area contributed by atoms with Crippen molar-refractivity contribution in [1.29, 1.82) is 5.26 Å². The van der Waals surface area contributed by atoms with Crippen molar-refractivity contribution >= 4 is 21.6 Å². The molecule has 0 saturated carbocycles. The third kappa shape index (κ3) is 3.72. The van der Waals surface area contributed by atoms with Gasteiger partial charge in [-0.3, -0.25) is 0 Å². The van der Waals surface area contributed by atoms with Crippen LogP contribution in [0.2, 0.25) is 5.02 Å². The highest BCUT2D eigenvalue weighted by atomic mass is 35.5. The van der Waals surface area contributed by atoms with E-state index < -0.39 is 10.0 Å². The van der Waals surface area contributed by atoms with Crippen molar-refractivity contribution in [3.05, 3.63) is 28.8 Å². The van der Waals surface area contributed by atoms with Crippen molar-refractivity contribution in [2.75, 3.05) is 13.1 Å². The molecular weight excluding hydrogens is 296 g/mol. The third-order valence-electron chi connectivity index (χ3n) is 3.24. The number of rotatable bonds is 6. The highest BCUT2D eigenvalue weighted by Crippen LogP contribution is 2.26. The normalized spacial score (nSPS) is 13.2. The summed E-state index contributed by atoms with van der Waals surface area (Å²) >= 11 is 6.01. The van der Waals surface area contributed by atoms with Gasteiger partial charge in [0.2, 0.25) is 10.0 Å². The van der Waals surface area contributed by atoms with E-state index in [1.165, 1.54) is 22.5 Å². The van der Waals surface area contributed by atoms with Crippen LogP contribution in [-0.4, -0.2) is 25.8 Å². The van der Waals surface area contributed by atoms with Gasteiger partial charge in [0.15, 0.2) is 0 Å². The van der Waals surface area contributed by atoms with Crippen LogP contribution in [0, 0.1) is 17.2 Å². The van der Waals surface area contributed by atoms with E-state index in [0.717, 1.165) is 6.42 Å². The summed E-state index contributed by atoms with van der Waals surface area (Å²) in [6.45, 7) is 6.70. The summed E-state index contributed by atoms with van der Waals surface area (Å²) in [6.07, 6.45) is 0.910. The van der Waals surface area contributed by atoms with Crippen LogP contribution in [0.3, 0.4) is 0 Å². The van der Waals surface area contributed by atoms with Crippen molar-refractivity contribution < 1.29 is 8.42 Å². The molecule has 20 heavy (non-hydrogen) atoms. The molecule has 0 aliphatic rings. The second-order valence-electron chi connectivity index (χ2n) is 4.73. The lowest BCUT2D eigenvalue weighted by Gasteiger charge is -2.24. The number of nitrogens with zero attached hydrogens (tertiary/aromatic N) is 2. The van der Waals surface area contributed by atoms with Crippen molar-refractivity contribution in [2.45, 2.75) is 32.1 Å². The Balaban J connectivity index is 3.18. The van der Waals surface area contributed by atoms with Crippen LogP contribution >= 0.6 is 11.6 Å². The van der Waals surface area contributed by atoms with Crippen LogP contribution in [0.4, 0.5) is 0 Å². The molecule has 0 heterocycles. The Bertz CT molecular complexity index is 608. The van der Waals surface area contributed by atoms with E-state index in [1.54, 1.807) is 6.92 Å². The molecule has 0 bridgehead atoms. The highest BCUT2D eigenvalue weighted by molar-refractivity contribution is 7.89. The van der Waals surface area contributed by atoms with Crippen LogP contribution in [0.25, 0.3) is 0 Å². The van der Waals surface area contributed by atoms with Gasteiger partial charge in [-0.2, -0.15) is 9.57 Å². The molecule has 1 aromatic carbocycles. The van der Waals surface area contributed by atoms with Gasteiger partial charge in [0, 0.05) is 13.1 Å². The van der Waals surface area contributed by atoms with E-state index in [4.69, 9.17) is 16.9 Å². The summed E-state index contributed by atoms with van der Waals surface area (Å²) in [5.41, 5.74) is 0.346. The van der Waals surface area contributed by atoms with Crippen LogP contribution in [-0.2, 0) is 10.0 Å². The van der Waals surface area contributed by atoms with E-state index in [9.17, 15) is 8.42 Å². The van der Waals surface area contributed by atoms with E-state index in [-0.39, 0.29) is 15.8 Å². The lowest BCUT2D eigenvalue weighted by molar-refractivity contribution is 0.361. The SMILES string of the molecule is CCC(C)CN(CC)S(=O)(=O)c1ccc(C#N)cc1Cl. The fourth-order valence-corrected chi connectivity index (χ4v) is 3.88. The minimum Gasteiger partial charge on any atom is -0.207 e. The Morgan fingerprint density at radius 3 is 2.50 bits per heavy atom. The standard InChI is InChI=1S/C14H19ClN2O2S/c1-4-11(3)10-17(5-2)20(18,19)14-7-6-12(9-16)8-13(14)15/h6-8,11H,4-5,10H2,1-3H3. The minimum atomic E-state index is -3.62. The summed E-state index contributed by atoms with van der Waals surface area (Å²) < 4.78 is 26.6. The third-order valence-corrected chi connectivity index (χ3v) is 5.67. The Labute approximate surface area is 126 Å². The Morgan fingerprint density at radius 1 is 1.40 bits per heavy atom. The predicted molar refractivity (Wildman–Crippen MR) is 80.1 cm³/mol. The molecule has 4 nitrogen and oxygen atoms in total. The average molecular weight is 315 g/mol. The number of halogens is 1. The zero-order valence-corrected chi connectivity index (χ0v) is 13.5. The zero-order chi connectivity index (χ0) is 15.3. The summed E-state index contributed by atoms with van der Waals surface area (Å²) in [5.74, 6) is 0.280. The Hall–Kier alpha value is -1.09. The van der Waals surface area contributed by atoms with Gasteiger partial charge in [-0.1, -0.05) is 38.8 Å². The molecule has 0 aliphatic carbocycles. The second kappa shape index (κ2) is 7.07. The monoisotopic (exact) mass is 314 g/mol. The molecule has 0 N–H and O–H groups in total. The summed E-state index contributed by atoms with van der Waals surface area (Å²) in [6, 6.07) is 6.19. The molecule has 1 aromatic rings. The first kappa shape index (κ1) is 17.0. The van der Waals surface area contributed by atoms with Gasteiger partial charge >= 0.3 is 0 Å². The van der Waals surface area contributed by atoms with Crippen LogP contribution in [0.15, 0.2) is 23.1 Å². The quantitative estimate of drug-likeness (QED) is 0.809. The number of hydrogen-bond acceptors (Lipinski definition) is 3. The molecule has 0 fully saturated rings. The Kier molecular flexibility index (Phi) is 6.00. The van der Waals surface area contributed by atoms with Crippen LogP contribution in [0.1, 0.15) is 32.8 Å². The molecule has 0 aromatic heterocycles. The Morgan fingerprint density at radius 2 is 2.05 bits per heavy atom. The lowest BCUT2D eigenvalue weighted by atomic mass is 10.1. The van der Waals surface area contributed by atoms with Gasteiger partial charge in [-0.25, -0.2) is 8.42 Å². The van der Waals surface area contributed by atoms with Crippen LogP contribution in [0.5, 0.6) is 0 Å². The smallest absolute Gasteiger partial charge is 0.207 e. The number of benzene rings is 1. The molecule has 0 saturated heterocycles. The van der Waals surface area contributed by atoms with Gasteiger partial charge in [0.05, 0.1) is 16.7 Å². The lowest BCUT2D eigenvalue weighted by Crippen LogP contribution is -2.34. The second-order valence-corrected chi connectivity index (χ2v) is 7.04. The molecule has 0 radical (unpaired) electrons. The molecule has 1 unspecified atom stereocenters. The molecule has 0 spiro atoms. The van der Waals surface area contributed by atoms with Crippen molar-refractivity contribution in [2.24, 2.45) is 5.92 Å².